The van der Waals surface area contributed by atoms with Crippen LogP contribution in [0.25, 0.3) is 0 Å². The molecule has 1 N–H and O–H groups in total. The molecule has 0 bridgehead atoms. The molecule has 0 aliphatic heterocycles. The van der Waals surface area contributed by atoms with Crippen molar-refractivity contribution in [2.45, 2.75) is 19.3 Å². The van der Waals surface area contributed by atoms with Gasteiger partial charge >= 0.3 is 0 Å². The molecule has 0 spiro atoms. The standard InChI is InChI=1S/C12H14Cl2N2/c1-12(2,8-16-6-5-15)9-3-4-10(13)11(14)7-9/h3-4,7,16H,6,8H2,1-2H3. The van der Waals surface area contributed by atoms with Crippen LogP contribution < -0.4 is 5.32 Å². The van der Waals surface area contributed by atoms with Gasteiger partial charge in [0.05, 0.1) is 22.7 Å². The maximum absolute atomic E-state index is 8.46. The van der Waals surface area contributed by atoms with Crippen molar-refractivity contribution >= 4 is 23.2 Å². The molecule has 1 aromatic carbocycles. The molecule has 0 saturated carbocycles. The Labute approximate surface area is 106 Å². The molecule has 0 unspecified atom stereocenters. The molecule has 1 rings (SSSR count). The first-order valence-corrected chi connectivity index (χ1v) is 5.76. The lowest BCUT2D eigenvalue weighted by atomic mass is 9.84. The highest BCUT2D eigenvalue weighted by molar-refractivity contribution is 6.42. The lowest BCUT2D eigenvalue weighted by Crippen LogP contribution is -2.33. The topological polar surface area (TPSA) is 35.8 Å². The van der Waals surface area contributed by atoms with Crippen LogP contribution in [-0.2, 0) is 5.41 Å². The zero-order valence-corrected chi connectivity index (χ0v) is 10.9. The predicted octanol–water partition coefficient (Wildman–Crippen LogP) is 3.38. The Bertz CT molecular complexity index is 408. The molecule has 86 valence electrons. The van der Waals surface area contributed by atoms with Crippen molar-refractivity contribution in [3.8, 4) is 6.07 Å². The second-order valence-corrected chi connectivity index (χ2v) is 5.09. The summed E-state index contributed by atoms with van der Waals surface area (Å²) in [6.07, 6.45) is 0. The molecule has 0 aliphatic carbocycles. The van der Waals surface area contributed by atoms with Crippen LogP contribution in [0.3, 0.4) is 0 Å². The summed E-state index contributed by atoms with van der Waals surface area (Å²) in [6.45, 7) is 5.26. The van der Waals surface area contributed by atoms with Gasteiger partial charge in [-0.15, -0.1) is 0 Å². The van der Waals surface area contributed by atoms with E-state index >= 15 is 0 Å². The summed E-state index contributed by atoms with van der Waals surface area (Å²) in [5, 5.41) is 12.7. The first kappa shape index (κ1) is 13.3. The minimum atomic E-state index is -0.0783. The second kappa shape index (κ2) is 5.54. The van der Waals surface area contributed by atoms with Gasteiger partial charge in [-0.1, -0.05) is 43.1 Å². The number of nitrogens with one attached hydrogen (secondary N) is 1. The van der Waals surface area contributed by atoms with Crippen molar-refractivity contribution in [3.05, 3.63) is 33.8 Å². The van der Waals surface area contributed by atoms with Crippen LogP contribution in [0.2, 0.25) is 10.0 Å². The molecule has 0 fully saturated rings. The molecule has 2 nitrogen and oxygen atoms in total. The fraction of sp³-hybridized carbons (Fsp3) is 0.417. The molecule has 0 atom stereocenters. The first-order chi connectivity index (χ1) is 7.47. The summed E-state index contributed by atoms with van der Waals surface area (Å²) >= 11 is 11.8. The lowest BCUT2D eigenvalue weighted by molar-refractivity contribution is 0.485. The summed E-state index contributed by atoms with van der Waals surface area (Å²) < 4.78 is 0. The Morgan fingerprint density at radius 1 is 1.31 bits per heavy atom. The Morgan fingerprint density at radius 3 is 2.56 bits per heavy atom. The van der Waals surface area contributed by atoms with Crippen LogP contribution in [-0.4, -0.2) is 13.1 Å². The Kier molecular flexibility index (Phi) is 4.61. The van der Waals surface area contributed by atoms with E-state index in [0.717, 1.165) is 12.1 Å². The molecule has 0 aromatic heterocycles. The van der Waals surface area contributed by atoms with Crippen LogP contribution in [0.15, 0.2) is 18.2 Å². The van der Waals surface area contributed by atoms with Crippen molar-refractivity contribution in [2.24, 2.45) is 0 Å². The van der Waals surface area contributed by atoms with Gasteiger partial charge in [-0.25, -0.2) is 0 Å². The van der Waals surface area contributed by atoms with Crippen molar-refractivity contribution in [1.82, 2.24) is 5.32 Å². The van der Waals surface area contributed by atoms with Crippen molar-refractivity contribution in [3.63, 3.8) is 0 Å². The fourth-order valence-electron chi connectivity index (χ4n) is 1.45. The van der Waals surface area contributed by atoms with Crippen LogP contribution in [0.1, 0.15) is 19.4 Å². The predicted molar refractivity (Wildman–Crippen MR) is 68.0 cm³/mol. The summed E-state index contributed by atoms with van der Waals surface area (Å²) in [7, 11) is 0. The highest BCUT2D eigenvalue weighted by Gasteiger charge is 2.20. The van der Waals surface area contributed by atoms with E-state index in [9.17, 15) is 0 Å². The zero-order chi connectivity index (χ0) is 12.2. The molecule has 4 heteroatoms. The van der Waals surface area contributed by atoms with E-state index < -0.39 is 0 Å². The van der Waals surface area contributed by atoms with Crippen molar-refractivity contribution < 1.29 is 0 Å². The quantitative estimate of drug-likeness (QED) is 0.663. The monoisotopic (exact) mass is 256 g/mol. The van der Waals surface area contributed by atoms with E-state index in [1.165, 1.54) is 0 Å². The second-order valence-electron chi connectivity index (χ2n) is 4.27. The third kappa shape index (κ3) is 3.38. The van der Waals surface area contributed by atoms with Gasteiger partial charge < -0.3 is 5.32 Å². The van der Waals surface area contributed by atoms with E-state index in [4.69, 9.17) is 28.5 Å². The third-order valence-electron chi connectivity index (χ3n) is 2.47. The average molecular weight is 257 g/mol. The normalized spacial score (nSPS) is 11.2. The van der Waals surface area contributed by atoms with Crippen molar-refractivity contribution in [1.29, 1.82) is 5.26 Å². The smallest absolute Gasteiger partial charge is 0.0841 e. The third-order valence-corrected chi connectivity index (χ3v) is 3.21. The van der Waals surface area contributed by atoms with E-state index in [0.29, 0.717) is 16.6 Å². The van der Waals surface area contributed by atoms with Gasteiger partial charge in [-0.3, -0.25) is 0 Å². The minimum absolute atomic E-state index is 0.0783. The van der Waals surface area contributed by atoms with Gasteiger partial charge in [0.25, 0.3) is 0 Å². The lowest BCUT2D eigenvalue weighted by Gasteiger charge is -2.25. The van der Waals surface area contributed by atoms with Gasteiger partial charge in [0.15, 0.2) is 0 Å². The molecule has 0 saturated heterocycles. The SMILES string of the molecule is CC(C)(CNCC#N)c1ccc(Cl)c(Cl)c1. The fourth-order valence-corrected chi connectivity index (χ4v) is 1.75. The summed E-state index contributed by atoms with van der Waals surface area (Å²) in [4.78, 5) is 0. The van der Waals surface area contributed by atoms with Gasteiger partial charge in [0, 0.05) is 12.0 Å². The van der Waals surface area contributed by atoms with Crippen LogP contribution in [0.5, 0.6) is 0 Å². The first-order valence-electron chi connectivity index (χ1n) is 5.00. The molecule has 0 heterocycles. The Morgan fingerprint density at radius 2 is 2.00 bits per heavy atom. The number of hydrogen-bond donors (Lipinski definition) is 1. The summed E-state index contributed by atoms with van der Waals surface area (Å²) in [5.41, 5.74) is 1.03. The summed E-state index contributed by atoms with van der Waals surface area (Å²) in [6, 6.07) is 7.68. The van der Waals surface area contributed by atoms with E-state index in [1.54, 1.807) is 6.07 Å². The maximum Gasteiger partial charge on any atom is 0.0841 e. The highest BCUT2D eigenvalue weighted by atomic mass is 35.5. The number of halogens is 2. The molecule has 0 radical (unpaired) electrons. The van der Waals surface area contributed by atoms with E-state index in [2.05, 4.69) is 25.2 Å². The molecular formula is C12H14Cl2N2. The minimum Gasteiger partial charge on any atom is -0.304 e. The number of hydrogen-bond acceptors (Lipinski definition) is 2. The number of rotatable bonds is 4. The van der Waals surface area contributed by atoms with E-state index in [-0.39, 0.29) is 5.41 Å². The number of nitrogens with zero attached hydrogens (tertiary/aromatic N) is 1. The van der Waals surface area contributed by atoms with Crippen LogP contribution >= 0.6 is 23.2 Å². The van der Waals surface area contributed by atoms with Gasteiger partial charge in [0.1, 0.15) is 0 Å². The van der Waals surface area contributed by atoms with Crippen molar-refractivity contribution in [2.75, 3.05) is 13.1 Å². The molecule has 0 amide bonds. The number of nitriles is 1. The van der Waals surface area contributed by atoms with Gasteiger partial charge in [-0.2, -0.15) is 5.26 Å². The number of benzene rings is 1. The highest BCUT2D eigenvalue weighted by Crippen LogP contribution is 2.29. The van der Waals surface area contributed by atoms with E-state index in [1.807, 2.05) is 12.1 Å². The maximum atomic E-state index is 8.46. The van der Waals surface area contributed by atoms with Crippen LogP contribution in [0.4, 0.5) is 0 Å². The van der Waals surface area contributed by atoms with Gasteiger partial charge in [0.2, 0.25) is 0 Å². The van der Waals surface area contributed by atoms with Gasteiger partial charge in [-0.05, 0) is 17.7 Å². The van der Waals surface area contributed by atoms with Crippen LogP contribution in [0, 0.1) is 11.3 Å². The molecule has 0 aliphatic rings. The average Bonchev–Trinajstić information content (AvgIpc) is 2.22. The molecule has 1 aromatic rings. The molecule has 16 heavy (non-hydrogen) atoms. The summed E-state index contributed by atoms with van der Waals surface area (Å²) in [5.74, 6) is 0. The Hall–Kier alpha value is -0.750. The molecular weight excluding hydrogens is 243 g/mol. The Balaban J connectivity index is 2.81. The zero-order valence-electron chi connectivity index (χ0n) is 9.35. The largest absolute Gasteiger partial charge is 0.304 e.